The summed E-state index contributed by atoms with van der Waals surface area (Å²) in [5.41, 5.74) is 6.07. The molecule has 26 heavy (non-hydrogen) atoms. The van der Waals surface area contributed by atoms with Crippen molar-refractivity contribution in [3.63, 3.8) is 0 Å². The highest BCUT2D eigenvalue weighted by Crippen LogP contribution is 2.43. The smallest absolute Gasteiger partial charge is 0.0894 e. The van der Waals surface area contributed by atoms with Crippen molar-refractivity contribution < 1.29 is 0 Å². The molecule has 0 radical (unpaired) electrons. The molecule has 2 heteroatoms. The Labute approximate surface area is 156 Å². The Bertz CT molecular complexity index is 878. The predicted octanol–water partition coefficient (Wildman–Crippen LogP) is 6.33. The van der Waals surface area contributed by atoms with E-state index in [1.165, 1.54) is 0 Å². The van der Waals surface area contributed by atoms with Gasteiger partial charge >= 0.3 is 0 Å². The summed E-state index contributed by atoms with van der Waals surface area (Å²) in [4.78, 5) is 9.92. The lowest BCUT2D eigenvalue weighted by Crippen LogP contribution is -2.30. The van der Waals surface area contributed by atoms with Crippen molar-refractivity contribution in [1.29, 1.82) is 0 Å². The first-order valence-corrected chi connectivity index (χ1v) is 9.12. The van der Waals surface area contributed by atoms with E-state index in [9.17, 15) is 0 Å². The van der Waals surface area contributed by atoms with Crippen LogP contribution in [-0.4, -0.2) is 9.97 Å². The van der Waals surface area contributed by atoms with Gasteiger partial charge in [-0.25, -0.2) is 9.97 Å². The number of benzene rings is 1. The van der Waals surface area contributed by atoms with Gasteiger partial charge in [0, 0.05) is 5.41 Å². The summed E-state index contributed by atoms with van der Waals surface area (Å²) in [6, 6.07) is 8.08. The molecule has 0 saturated carbocycles. The number of rotatable bonds is 8. The van der Waals surface area contributed by atoms with Gasteiger partial charge in [0.05, 0.1) is 22.4 Å². The minimum absolute atomic E-state index is 0.0565. The molecular weight excluding hydrogens is 316 g/mol. The van der Waals surface area contributed by atoms with E-state index in [4.69, 9.17) is 9.97 Å². The van der Waals surface area contributed by atoms with Crippen LogP contribution in [0.25, 0.3) is 17.1 Å². The molecule has 0 saturated heterocycles. The minimum Gasteiger partial charge on any atom is -0.248 e. The molecule has 1 aliphatic carbocycles. The van der Waals surface area contributed by atoms with E-state index in [0.29, 0.717) is 0 Å². The van der Waals surface area contributed by atoms with Crippen molar-refractivity contribution in [3.8, 4) is 0 Å². The van der Waals surface area contributed by atoms with E-state index >= 15 is 0 Å². The van der Waals surface area contributed by atoms with Gasteiger partial charge in [-0.3, -0.25) is 0 Å². The van der Waals surface area contributed by atoms with Crippen LogP contribution in [0.15, 0.2) is 80.0 Å². The number of nitrogens with zero attached hydrogens (tertiary/aromatic N) is 2. The molecule has 1 aromatic carbocycles. The van der Waals surface area contributed by atoms with Crippen LogP contribution in [0.3, 0.4) is 0 Å². The molecule has 1 aliphatic rings. The van der Waals surface area contributed by atoms with E-state index in [1.54, 1.807) is 0 Å². The summed E-state index contributed by atoms with van der Waals surface area (Å²) in [7, 11) is 0. The Kier molecular flexibility index (Phi) is 5.32. The third-order valence-corrected chi connectivity index (χ3v) is 5.31. The summed E-state index contributed by atoms with van der Waals surface area (Å²) in [6.45, 7) is 15.9. The SMILES string of the molecule is C=CC(=C)CCC1(CCC(=C)C=C)CC=Cc2nc3ccccc3nc21. The highest BCUT2D eigenvalue weighted by molar-refractivity contribution is 5.76. The van der Waals surface area contributed by atoms with Gasteiger partial charge in [0.25, 0.3) is 0 Å². The number of hydrogen-bond acceptors (Lipinski definition) is 2. The molecule has 0 bridgehead atoms. The second kappa shape index (κ2) is 7.65. The highest BCUT2D eigenvalue weighted by Gasteiger charge is 2.36. The number of aromatic nitrogens is 2. The van der Waals surface area contributed by atoms with Gasteiger partial charge in [-0.1, -0.05) is 67.8 Å². The second-order valence-corrected chi connectivity index (χ2v) is 7.06. The van der Waals surface area contributed by atoms with Crippen LogP contribution in [0.4, 0.5) is 0 Å². The van der Waals surface area contributed by atoms with Crippen molar-refractivity contribution in [2.45, 2.75) is 37.5 Å². The van der Waals surface area contributed by atoms with Crippen molar-refractivity contribution in [3.05, 3.63) is 91.3 Å². The van der Waals surface area contributed by atoms with E-state index in [1.807, 2.05) is 36.4 Å². The number of hydrogen-bond donors (Lipinski definition) is 0. The van der Waals surface area contributed by atoms with Gasteiger partial charge in [-0.2, -0.15) is 0 Å². The average molecular weight is 342 g/mol. The molecule has 0 aliphatic heterocycles. The lowest BCUT2D eigenvalue weighted by atomic mass is 9.69. The zero-order chi connectivity index (χ0) is 18.6. The lowest BCUT2D eigenvalue weighted by molar-refractivity contribution is 0.355. The third kappa shape index (κ3) is 3.60. The molecule has 1 heterocycles. The van der Waals surface area contributed by atoms with Crippen molar-refractivity contribution in [2.24, 2.45) is 0 Å². The molecule has 1 aromatic heterocycles. The van der Waals surface area contributed by atoms with E-state index in [-0.39, 0.29) is 5.41 Å². The molecule has 0 atom stereocenters. The van der Waals surface area contributed by atoms with Crippen molar-refractivity contribution in [2.75, 3.05) is 0 Å². The molecule has 0 spiro atoms. The predicted molar refractivity (Wildman–Crippen MR) is 112 cm³/mol. The Hall–Kier alpha value is -2.74. The maximum absolute atomic E-state index is 5.05. The molecular formula is C24H26N2. The summed E-state index contributed by atoms with van der Waals surface area (Å²) in [6.07, 6.45) is 12.8. The first kappa shape index (κ1) is 18.1. The second-order valence-electron chi connectivity index (χ2n) is 7.06. The van der Waals surface area contributed by atoms with Crippen LogP contribution in [0.2, 0.25) is 0 Å². The van der Waals surface area contributed by atoms with Crippen LogP contribution >= 0.6 is 0 Å². The third-order valence-electron chi connectivity index (χ3n) is 5.31. The summed E-state index contributed by atoms with van der Waals surface area (Å²) < 4.78 is 0. The molecule has 2 aromatic rings. The van der Waals surface area contributed by atoms with Crippen molar-refractivity contribution >= 4 is 17.1 Å². The fraction of sp³-hybridized carbons (Fsp3) is 0.250. The van der Waals surface area contributed by atoms with Crippen LogP contribution in [0, 0.1) is 0 Å². The number of allylic oxidation sites excluding steroid dienone is 5. The summed E-state index contributed by atoms with van der Waals surface area (Å²) in [5.74, 6) is 0. The van der Waals surface area contributed by atoms with Gasteiger partial charge in [-0.05, 0) is 50.3 Å². The fourth-order valence-corrected chi connectivity index (χ4v) is 3.58. The molecule has 0 fully saturated rings. The van der Waals surface area contributed by atoms with Crippen LogP contribution < -0.4 is 0 Å². The van der Waals surface area contributed by atoms with Crippen LogP contribution in [-0.2, 0) is 5.41 Å². The van der Waals surface area contributed by atoms with Gasteiger partial charge in [0.1, 0.15) is 0 Å². The maximum atomic E-state index is 5.05. The fourth-order valence-electron chi connectivity index (χ4n) is 3.58. The molecule has 0 N–H and O–H groups in total. The topological polar surface area (TPSA) is 25.8 Å². The van der Waals surface area contributed by atoms with Crippen molar-refractivity contribution in [1.82, 2.24) is 9.97 Å². The quantitative estimate of drug-likeness (QED) is 0.524. The van der Waals surface area contributed by atoms with E-state index in [2.05, 4.69) is 38.5 Å². The van der Waals surface area contributed by atoms with Gasteiger partial charge in [0.15, 0.2) is 0 Å². The molecule has 0 unspecified atom stereocenters. The van der Waals surface area contributed by atoms with Crippen LogP contribution in [0.5, 0.6) is 0 Å². The highest BCUT2D eigenvalue weighted by atomic mass is 14.8. The largest absolute Gasteiger partial charge is 0.248 e. The standard InChI is InChI=1S/C24H26N2/c1-5-18(3)13-16-24(17-14-19(4)6-2)15-9-12-22-23(24)26-21-11-8-7-10-20(21)25-22/h5-12H,1-4,13-17H2. The first-order valence-electron chi connectivity index (χ1n) is 9.12. The van der Waals surface area contributed by atoms with Gasteiger partial charge in [-0.15, -0.1) is 0 Å². The zero-order valence-corrected chi connectivity index (χ0v) is 15.4. The average Bonchev–Trinajstić information content (AvgIpc) is 2.68. The van der Waals surface area contributed by atoms with E-state index in [0.717, 1.165) is 65.7 Å². The molecule has 0 amide bonds. The Balaban J connectivity index is 2.05. The first-order chi connectivity index (χ1) is 12.6. The molecule has 132 valence electrons. The zero-order valence-electron chi connectivity index (χ0n) is 15.4. The molecule has 3 rings (SSSR count). The maximum Gasteiger partial charge on any atom is 0.0894 e. The minimum atomic E-state index is -0.0565. The summed E-state index contributed by atoms with van der Waals surface area (Å²) in [5, 5.41) is 0. The lowest BCUT2D eigenvalue weighted by Gasteiger charge is -2.36. The summed E-state index contributed by atoms with van der Waals surface area (Å²) >= 11 is 0. The van der Waals surface area contributed by atoms with Gasteiger partial charge in [0.2, 0.25) is 0 Å². The Morgan fingerprint density at radius 1 is 0.962 bits per heavy atom. The Morgan fingerprint density at radius 3 is 2.12 bits per heavy atom. The van der Waals surface area contributed by atoms with Gasteiger partial charge < -0.3 is 0 Å². The normalized spacial score (nSPS) is 14.6. The number of para-hydroxylation sites is 2. The Morgan fingerprint density at radius 2 is 1.54 bits per heavy atom. The monoisotopic (exact) mass is 342 g/mol. The number of fused-ring (bicyclic) bond motifs is 2. The van der Waals surface area contributed by atoms with Crippen LogP contribution in [0.1, 0.15) is 43.5 Å². The van der Waals surface area contributed by atoms with E-state index < -0.39 is 0 Å². The molecule has 2 nitrogen and oxygen atoms in total.